The van der Waals surface area contributed by atoms with Gasteiger partial charge in [0.25, 0.3) is 5.56 Å². The van der Waals surface area contributed by atoms with E-state index in [1.807, 2.05) is 13.8 Å². The average Bonchev–Trinajstić information content (AvgIpc) is 2.37. The van der Waals surface area contributed by atoms with E-state index < -0.39 is 11.2 Å². The molecule has 0 bridgehead atoms. The number of nitrogens with one attached hydrogen (secondary N) is 2. The molecule has 0 fully saturated rings. The minimum Gasteiger partial charge on any atom is -0.383 e. The summed E-state index contributed by atoms with van der Waals surface area (Å²) in [7, 11) is 0. The Bertz CT molecular complexity index is 603. The molecular weight excluding hydrogens is 274 g/mol. The lowest BCUT2D eigenvalue weighted by atomic mass is 10.2. The molecular formula is C13H23N5O3. The van der Waals surface area contributed by atoms with E-state index in [-0.39, 0.29) is 23.3 Å². The van der Waals surface area contributed by atoms with Crippen LogP contribution in [0.15, 0.2) is 9.59 Å². The molecule has 0 aliphatic heterocycles. The quantitative estimate of drug-likeness (QED) is 0.494. The lowest BCUT2D eigenvalue weighted by molar-refractivity contribution is -0.118. The van der Waals surface area contributed by atoms with Crippen molar-refractivity contribution in [3.05, 3.63) is 20.8 Å². The molecule has 0 saturated carbocycles. The van der Waals surface area contributed by atoms with Crippen LogP contribution >= 0.6 is 0 Å². The molecule has 0 aliphatic carbocycles. The van der Waals surface area contributed by atoms with Crippen molar-refractivity contribution in [2.24, 2.45) is 11.7 Å². The number of anilines is 2. The first kappa shape index (κ1) is 16.8. The summed E-state index contributed by atoms with van der Waals surface area (Å²) < 4.78 is 1.35. The Labute approximate surface area is 122 Å². The van der Waals surface area contributed by atoms with Gasteiger partial charge in [0.2, 0.25) is 5.91 Å². The summed E-state index contributed by atoms with van der Waals surface area (Å²) in [6.45, 7) is 4.81. The molecule has 0 radical (unpaired) electrons. The van der Waals surface area contributed by atoms with Crippen LogP contribution in [0, 0.1) is 5.92 Å². The van der Waals surface area contributed by atoms with Crippen LogP contribution in [0.25, 0.3) is 0 Å². The number of aromatic nitrogens is 2. The molecule has 0 atom stereocenters. The van der Waals surface area contributed by atoms with Crippen LogP contribution in [-0.2, 0) is 11.3 Å². The average molecular weight is 297 g/mol. The number of aromatic amines is 1. The zero-order valence-corrected chi connectivity index (χ0v) is 12.4. The highest BCUT2D eigenvalue weighted by molar-refractivity contribution is 5.73. The third-order valence-electron chi connectivity index (χ3n) is 2.94. The van der Waals surface area contributed by atoms with Crippen molar-refractivity contribution in [3.63, 3.8) is 0 Å². The van der Waals surface area contributed by atoms with Crippen molar-refractivity contribution in [2.45, 2.75) is 39.7 Å². The topological polar surface area (TPSA) is 136 Å². The molecule has 0 aliphatic rings. The second kappa shape index (κ2) is 7.51. The Morgan fingerprint density at radius 2 is 2.00 bits per heavy atom. The van der Waals surface area contributed by atoms with Gasteiger partial charge in [-0.05, 0) is 18.8 Å². The minimum absolute atomic E-state index is 0.132. The molecule has 1 aromatic rings. The van der Waals surface area contributed by atoms with Crippen LogP contribution in [0.3, 0.4) is 0 Å². The Morgan fingerprint density at radius 1 is 1.33 bits per heavy atom. The van der Waals surface area contributed by atoms with Gasteiger partial charge in [-0.15, -0.1) is 0 Å². The first-order chi connectivity index (χ1) is 9.82. The maximum atomic E-state index is 11.8. The van der Waals surface area contributed by atoms with Crippen LogP contribution in [0.5, 0.6) is 0 Å². The molecule has 1 rings (SSSR count). The lowest BCUT2D eigenvalue weighted by Crippen LogP contribution is -2.35. The van der Waals surface area contributed by atoms with Gasteiger partial charge in [0, 0.05) is 19.5 Å². The maximum Gasteiger partial charge on any atom is 0.330 e. The molecule has 0 unspecified atom stereocenters. The van der Waals surface area contributed by atoms with Gasteiger partial charge in [0.05, 0.1) is 0 Å². The summed E-state index contributed by atoms with van der Waals surface area (Å²) in [6, 6.07) is 0. The van der Waals surface area contributed by atoms with Crippen LogP contribution in [0.2, 0.25) is 0 Å². The molecule has 8 nitrogen and oxygen atoms in total. The number of H-pyrrole nitrogens is 1. The third kappa shape index (κ3) is 4.97. The minimum atomic E-state index is -0.535. The van der Waals surface area contributed by atoms with Gasteiger partial charge in [-0.3, -0.25) is 19.1 Å². The normalized spacial score (nSPS) is 10.8. The fraction of sp³-hybridized carbons (Fsp3) is 0.615. The maximum absolute atomic E-state index is 11.8. The van der Waals surface area contributed by atoms with Gasteiger partial charge < -0.3 is 16.8 Å². The van der Waals surface area contributed by atoms with Crippen molar-refractivity contribution >= 4 is 17.4 Å². The van der Waals surface area contributed by atoms with Crippen molar-refractivity contribution in [3.8, 4) is 0 Å². The molecule has 1 amide bonds. The summed E-state index contributed by atoms with van der Waals surface area (Å²) in [5.74, 6) is 0.00418. The second-order valence-corrected chi connectivity index (χ2v) is 5.37. The summed E-state index contributed by atoms with van der Waals surface area (Å²) in [5.41, 5.74) is 10.1. The largest absolute Gasteiger partial charge is 0.383 e. The summed E-state index contributed by atoms with van der Waals surface area (Å²) >= 11 is 0. The molecule has 0 saturated heterocycles. The van der Waals surface area contributed by atoms with E-state index in [0.29, 0.717) is 32.4 Å². The number of rotatable bonds is 8. The number of hydrogen-bond donors (Lipinski definition) is 4. The smallest absolute Gasteiger partial charge is 0.330 e. The fourth-order valence-electron chi connectivity index (χ4n) is 1.94. The van der Waals surface area contributed by atoms with E-state index in [4.69, 9.17) is 11.5 Å². The van der Waals surface area contributed by atoms with Gasteiger partial charge in [-0.25, -0.2) is 4.79 Å². The van der Waals surface area contributed by atoms with Crippen LogP contribution < -0.4 is 28.0 Å². The molecule has 1 aromatic heterocycles. The molecule has 21 heavy (non-hydrogen) atoms. The number of primary amides is 1. The van der Waals surface area contributed by atoms with Crippen molar-refractivity contribution in [2.75, 3.05) is 17.6 Å². The van der Waals surface area contributed by atoms with E-state index in [9.17, 15) is 14.4 Å². The SMILES string of the molecule is CC(C)Cn1c(N)c(NCCCCC(N)=O)c(=O)[nH]c1=O. The summed E-state index contributed by atoms with van der Waals surface area (Å²) in [5, 5.41) is 2.92. The van der Waals surface area contributed by atoms with E-state index in [1.165, 1.54) is 4.57 Å². The molecule has 0 aromatic carbocycles. The Kier molecular flexibility index (Phi) is 6.01. The highest BCUT2D eigenvalue weighted by Gasteiger charge is 2.12. The van der Waals surface area contributed by atoms with Crippen molar-refractivity contribution < 1.29 is 4.79 Å². The highest BCUT2D eigenvalue weighted by Crippen LogP contribution is 2.12. The number of nitrogen functional groups attached to an aromatic ring is 1. The molecule has 0 spiro atoms. The standard InChI is InChI=1S/C13H23N5O3/c1-8(2)7-18-11(15)10(12(20)17-13(18)21)16-6-4-3-5-9(14)19/h8,16H,3-7,15H2,1-2H3,(H2,14,19)(H,17,20,21). The molecule has 118 valence electrons. The number of amides is 1. The Hall–Kier alpha value is -2.25. The van der Waals surface area contributed by atoms with Gasteiger partial charge in [-0.1, -0.05) is 13.8 Å². The number of carbonyl (C=O) groups excluding carboxylic acids is 1. The Morgan fingerprint density at radius 3 is 2.57 bits per heavy atom. The van der Waals surface area contributed by atoms with Crippen LogP contribution in [-0.4, -0.2) is 22.0 Å². The number of hydrogen-bond acceptors (Lipinski definition) is 5. The zero-order chi connectivity index (χ0) is 16.0. The monoisotopic (exact) mass is 297 g/mol. The lowest BCUT2D eigenvalue weighted by Gasteiger charge is -2.15. The van der Waals surface area contributed by atoms with E-state index in [1.54, 1.807) is 0 Å². The second-order valence-electron chi connectivity index (χ2n) is 5.37. The molecule has 6 N–H and O–H groups in total. The number of unbranched alkanes of at least 4 members (excludes halogenated alkanes) is 1. The Balaban J connectivity index is 2.80. The van der Waals surface area contributed by atoms with E-state index in [0.717, 1.165) is 0 Å². The highest BCUT2D eigenvalue weighted by atomic mass is 16.2. The number of nitrogens with zero attached hydrogens (tertiary/aromatic N) is 1. The van der Waals surface area contributed by atoms with Crippen LogP contribution in [0.4, 0.5) is 11.5 Å². The molecule has 8 heteroatoms. The van der Waals surface area contributed by atoms with Gasteiger partial charge in [-0.2, -0.15) is 0 Å². The van der Waals surface area contributed by atoms with Crippen molar-refractivity contribution in [1.29, 1.82) is 0 Å². The van der Waals surface area contributed by atoms with Crippen LogP contribution in [0.1, 0.15) is 33.1 Å². The first-order valence-electron chi connectivity index (χ1n) is 6.97. The number of carbonyl (C=O) groups is 1. The van der Waals surface area contributed by atoms with E-state index >= 15 is 0 Å². The van der Waals surface area contributed by atoms with Crippen molar-refractivity contribution in [1.82, 2.24) is 9.55 Å². The van der Waals surface area contributed by atoms with Gasteiger partial charge in [0.1, 0.15) is 11.5 Å². The van der Waals surface area contributed by atoms with Gasteiger partial charge >= 0.3 is 5.69 Å². The third-order valence-corrected chi connectivity index (χ3v) is 2.94. The zero-order valence-electron chi connectivity index (χ0n) is 12.4. The fourth-order valence-corrected chi connectivity index (χ4v) is 1.94. The number of nitrogens with two attached hydrogens (primary N) is 2. The predicted molar refractivity (Wildman–Crippen MR) is 82.1 cm³/mol. The van der Waals surface area contributed by atoms with E-state index in [2.05, 4.69) is 10.3 Å². The summed E-state index contributed by atoms with van der Waals surface area (Å²) in [6.07, 6.45) is 1.61. The predicted octanol–water partition coefficient (Wildman–Crippen LogP) is -0.158. The first-order valence-corrected chi connectivity index (χ1v) is 6.97. The van der Waals surface area contributed by atoms with Gasteiger partial charge in [0.15, 0.2) is 0 Å². The summed E-state index contributed by atoms with van der Waals surface area (Å²) in [4.78, 5) is 36.4. The molecule has 1 heterocycles.